The lowest BCUT2D eigenvalue weighted by molar-refractivity contribution is -0.0824. The van der Waals surface area contributed by atoms with E-state index in [2.05, 4.69) is 25.8 Å². The van der Waals surface area contributed by atoms with E-state index in [0.29, 0.717) is 31.1 Å². The van der Waals surface area contributed by atoms with Crippen LogP contribution < -0.4 is 0 Å². The third-order valence-electron chi connectivity index (χ3n) is 5.01. The molecule has 2 fully saturated rings. The highest BCUT2D eigenvalue weighted by atomic mass is 16.5. The molecule has 20 heavy (non-hydrogen) atoms. The highest BCUT2D eigenvalue weighted by Gasteiger charge is 2.36. The Balaban J connectivity index is 1.85. The lowest BCUT2D eigenvalue weighted by atomic mass is 9.70. The summed E-state index contributed by atoms with van der Waals surface area (Å²) >= 11 is 0. The topological polar surface area (TPSA) is 52.9 Å². The monoisotopic (exact) mass is 285 g/mol. The van der Waals surface area contributed by atoms with Crippen LogP contribution in [0, 0.1) is 11.3 Å². The average Bonchev–Trinajstić information content (AvgIpc) is 2.34. The van der Waals surface area contributed by atoms with Crippen molar-refractivity contribution < 1.29 is 14.9 Å². The van der Waals surface area contributed by atoms with Gasteiger partial charge >= 0.3 is 0 Å². The molecule has 1 aliphatic heterocycles. The first-order valence-corrected chi connectivity index (χ1v) is 7.96. The van der Waals surface area contributed by atoms with Crippen LogP contribution in [0.3, 0.4) is 0 Å². The van der Waals surface area contributed by atoms with Gasteiger partial charge in [-0.05, 0) is 37.6 Å². The molecule has 0 amide bonds. The Bertz CT molecular complexity index is 313. The number of hydrogen-bond acceptors (Lipinski definition) is 4. The number of likely N-dealkylation sites (N-methyl/N-ethyl adjacent to an activating group) is 1. The zero-order chi connectivity index (χ0) is 14.8. The normalized spacial score (nSPS) is 33.3. The van der Waals surface area contributed by atoms with Crippen molar-refractivity contribution in [3.05, 3.63) is 0 Å². The molecule has 2 aliphatic rings. The Morgan fingerprint density at radius 1 is 1.20 bits per heavy atom. The molecule has 1 saturated carbocycles. The first kappa shape index (κ1) is 16.2. The molecule has 2 rings (SSSR count). The maximum atomic E-state index is 10.6. The van der Waals surface area contributed by atoms with E-state index in [1.807, 2.05) is 0 Å². The van der Waals surface area contributed by atoms with Gasteiger partial charge in [-0.15, -0.1) is 0 Å². The van der Waals surface area contributed by atoms with Gasteiger partial charge in [0.1, 0.15) is 0 Å². The molecule has 1 saturated heterocycles. The van der Waals surface area contributed by atoms with E-state index in [4.69, 9.17) is 4.74 Å². The van der Waals surface area contributed by atoms with E-state index in [-0.39, 0.29) is 6.10 Å². The highest BCUT2D eigenvalue weighted by molar-refractivity contribution is 4.88. The Morgan fingerprint density at radius 2 is 1.85 bits per heavy atom. The molecule has 4 heteroatoms. The Kier molecular flexibility index (Phi) is 5.11. The molecule has 4 nitrogen and oxygen atoms in total. The van der Waals surface area contributed by atoms with Crippen LogP contribution in [0.4, 0.5) is 0 Å². The Labute approximate surface area is 123 Å². The molecule has 0 radical (unpaired) electrons. The van der Waals surface area contributed by atoms with Crippen molar-refractivity contribution in [2.75, 3.05) is 33.4 Å². The van der Waals surface area contributed by atoms with Gasteiger partial charge in [0.15, 0.2) is 0 Å². The van der Waals surface area contributed by atoms with Crippen LogP contribution in [0.1, 0.15) is 46.0 Å². The van der Waals surface area contributed by atoms with Crippen LogP contribution in [0.5, 0.6) is 0 Å². The van der Waals surface area contributed by atoms with Crippen molar-refractivity contribution in [1.82, 2.24) is 4.90 Å². The smallest absolute Gasteiger partial charge is 0.0817 e. The molecular formula is C16H31NO3. The number of rotatable bonds is 4. The maximum absolute atomic E-state index is 10.6. The summed E-state index contributed by atoms with van der Waals surface area (Å²) in [6.07, 6.45) is 4.33. The van der Waals surface area contributed by atoms with Crippen LogP contribution in [0.15, 0.2) is 0 Å². The second-order valence-electron chi connectivity index (χ2n) is 7.77. The summed E-state index contributed by atoms with van der Waals surface area (Å²) in [7, 11) is 2.06. The fourth-order valence-electron chi connectivity index (χ4n) is 3.79. The fraction of sp³-hybridized carbons (Fsp3) is 1.00. The van der Waals surface area contributed by atoms with E-state index < -0.39 is 5.60 Å². The fourth-order valence-corrected chi connectivity index (χ4v) is 3.79. The SMILES string of the molecule is CN(CC1CC(C)(C)CCC1O)CC1(O)CCOCC1. The molecule has 1 heterocycles. The minimum absolute atomic E-state index is 0.185. The van der Waals surface area contributed by atoms with Crippen molar-refractivity contribution in [3.63, 3.8) is 0 Å². The minimum Gasteiger partial charge on any atom is -0.393 e. The predicted octanol–water partition coefficient (Wildman–Crippen LogP) is 1.65. The van der Waals surface area contributed by atoms with Gasteiger partial charge in [0.25, 0.3) is 0 Å². The van der Waals surface area contributed by atoms with Gasteiger partial charge in [-0.3, -0.25) is 0 Å². The van der Waals surface area contributed by atoms with Crippen molar-refractivity contribution in [2.24, 2.45) is 11.3 Å². The van der Waals surface area contributed by atoms with Gasteiger partial charge in [0, 0.05) is 39.1 Å². The van der Waals surface area contributed by atoms with Gasteiger partial charge in [-0.2, -0.15) is 0 Å². The highest BCUT2D eigenvalue weighted by Crippen LogP contribution is 2.39. The van der Waals surface area contributed by atoms with Crippen LogP contribution in [0.25, 0.3) is 0 Å². The molecule has 2 atom stereocenters. The van der Waals surface area contributed by atoms with Crippen molar-refractivity contribution in [2.45, 2.75) is 57.7 Å². The predicted molar refractivity (Wildman–Crippen MR) is 79.6 cm³/mol. The van der Waals surface area contributed by atoms with E-state index in [9.17, 15) is 10.2 Å². The molecule has 0 aromatic heterocycles. The summed E-state index contributed by atoms with van der Waals surface area (Å²) < 4.78 is 5.32. The second-order valence-corrected chi connectivity index (χ2v) is 7.77. The molecule has 0 spiro atoms. The molecule has 2 N–H and O–H groups in total. The maximum Gasteiger partial charge on any atom is 0.0817 e. The van der Waals surface area contributed by atoms with Gasteiger partial charge in [0.05, 0.1) is 11.7 Å². The number of hydrogen-bond donors (Lipinski definition) is 2. The quantitative estimate of drug-likeness (QED) is 0.824. The van der Waals surface area contributed by atoms with E-state index in [1.165, 1.54) is 0 Å². The first-order chi connectivity index (χ1) is 9.30. The first-order valence-electron chi connectivity index (χ1n) is 7.96. The zero-order valence-corrected chi connectivity index (χ0v) is 13.3. The average molecular weight is 285 g/mol. The molecule has 0 aromatic rings. The summed E-state index contributed by atoms with van der Waals surface area (Å²) in [6.45, 7) is 7.44. The Morgan fingerprint density at radius 3 is 2.50 bits per heavy atom. The summed E-state index contributed by atoms with van der Waals surface area (Å²) in [5, 5.41) is 20.8. The molecule has 0 bridgehead atoms. The third kappa shape index (κ3) is 4.42. The summed E-state index contributed by atoms with van der Waals surface area (Å²) in [4.78, 5) is 2.20. The standard InChI is InChI=1S/C16H31NO3/c1-15(2)5-4-14(18)13(10-15)11-17(3)12-16(19)6-8-20-9-7-16/h13-14,18-19H,4-12H2,1-3H3. The molecule has 118 valence electrons. The van der Waals surface area contributed by atoms with Gasteiger partial charge in [-0.25, -0.2) is 0 Å². The van der Waals surface area contributed by atoms with Crippen LogP contribution in [-0.4, -0.2) is 60.2 Å². The van der Waals surface area contributed by atoms with Gasteiger partial charge < -0.3 is 19.8 Å². The van der Waals surface area contributed by atoms with Crippen LogP contribution in [0.2, 0.25) is 0 Å². The molecule has 1 aliphatic carbocycles. The van der Waals surface area contributed by atoms with Crippen LogP contribution >= 0.6 is 0 Å². The number of nitrogens with zero attached hydrogens (tertiary/aromatic N) is 1. The van der Waals surface area contributed by atoms with Crippen molar-refractivity contribution in [3.8, 4) is 0 Å². The van der Waals surface area contributed by atoms with E-state index in [0.717, 1.165) is 38.6 Å². The summed E-state index contributed by atoms with van der Waals surface area (Å²) in [5.74, 6) is 0.326. The third-order valence-corrected chi connectivity index (χ3v) is 5.01. The van der Waals surface area contributed by atoms with Gasteiger partial charge in [0.2, 0.25) is 0 Å². The number of aliphatic hydroxyl groups is 2. The second kappa shape index (κ2) is 6.30. The lowest BCUT2D eigenvalue weighted by Crippen LogP contribution is -2.48. The van der Waals surface area contributed by atoms with Crippen LogP contribution in [-0.2, 0) is 4.74 Å². The summed E-state index contributed by atoms with van der Waals surface area (Å²) in [6, 6.07) is 0. The molecule has 0 aromatic carbocycles. The van der Waals surface area contributed by atoms with Crippen molar-refractivity contribution in [1.29, 1.82) is 0 Å². The lowest BCUT2D eigenvalue weighted by Gasteiger charge is -2.42. The number of aliphatic hydroxyl groups excluding tert-OH is 1. The summed E-state index contributed by atoms with van der Waals surface area (Å²) in [5.41, 5.74) is -0.275. The van der Waals surface area contributed by atoms with Crippen molar-refractivity contribution >= 4 is 0 Å². The zero-order valence-electron chi connectivity index (χ0n) is 13.3. The largest absolute Gasteiger partial charge is 0.393 e. The minimum atomic E-state index is -0.609. The van der Waals surface area contributed by atoms with E-state index >= 15 is 0 Å². The van der Waals surface area contributed by atoms with E-state index in [1.54, 1.807) is 0 Å². The molecular weight excluding hydrogens is 254 g/mol. The van der Waals surface area contributed by atoms with Gasteiger partial charge in [-0.1, -0.05) is 13.8 Å². The molecule has 2 unspecified atom stereocenters. The Hall–Kier alpha value is -0.160. The number of ether oxygens (including phenoxy) is 1.